The Kier molecular flexibility index (Phi) is 2.79. The Morgan fingerprint density at radius 2 is 2.00 bits per heavy atom. The summed E-state index contributed by atoms with van der Waals surface area (Å²) in [5, 5.41) is 3.42. The van der Waals surface area contributed by atoms with Crippen LogP contribution in [0.5, 0.6) is 0 Å². The van der Waals surface area contributed by atoms with E-state index in [4.69, 9.17) is 0 Å². The van der Waals surface area contributed by atoms with E-state index in [0.717, 1.165) is 25.2 Å². The van der Waals surface area contributed by atoms with E-state index < -0.39 is 0 Å². The summed E-state index contributed by atoms with van der Waals surface area (Å²) in [5.74, 6) is -0.169. The molecule has 2 nitrogen and oxygen atoms in total. The molecule has 0 aliphatic carbocycles. The van der Waals surface area contributed by atoms with Gasteiger partial charge in [0.25, 0.3) is 0 Å². The van der Waals surface area contributed by atoms with Crippen LogP contribution in [-0.4, -0.2) is 31.1 Å². The molecule has 3 heteroatoms. The molecule has 1 fully saturated rings. The van der Waals surface area contributed by atoms with Crippen LogP contribution in [0.1, 0.15) is 5.56 Å². The summed E-state index contributed by atoms with van der Waals surface area (Å²) in [4.78, 5) is 2.27. The Morgan fingerprint density at radius 1 is 1.36 bits per heavy atom. The molecule has 0 radical (unpaired) electrons. The average molecular weight is 194 g/mol. The van der Waals surface area contributed by atoms with Crippen molar-refractivity contribution in [2.75, 3.05) is 20.1 Å². The van der Waals surface area contributed by atoms with E-state index in [2.05, 4.69) is 17.3 Å². The highest BCUT2D eigenvalue weighted by molar-refractivity contribution is 5.15. The topological polar surface area (TPSA) is 15.3 Å². The van der Waals surface area contributed by atoms with E-state index in [1.165, 1.54) is 12.1 Å². The van der Waals surface area contributed by atoms with E-state index >= 15 is 0 Å². The molecule has 0 atom stereocenters. The van der Waals surface area contributed by atoms with Gasteiger partial charge in [0.2, 0.25) is 0 Å². The summed E-state index contributed by atoms with van der Waals surface area (Å²) in [5.41, 5.74) is 1.14. The molecule has 0 amide bonds. The van der Waals surface area contributed by atoms with Crippen LogP contribution >= 0.6 is 0 Å². The highest BCUT2D eigenvalue weighted by Gasteiger charge is 2.21. The van der Waals surface area contributed by atoms with E-state index in [1.54, 1.807) is 0 Å². The number of rotatable bonds is 3. The Labute approximate surface area is 83.7 Å². The molecule has 14 heavy (non-hydrogen) atoms. The predicted molar refractivity (Wildman–Crippen MR) is 54.5 cm³/mol. The van der Waals surface area contributed by atoms with Crippen molar-refractivity contribution in [1.82, 2.24) is 10.2 Å². The molecular weight excluding hydrogens is 179 g/mol. The Balaban J connectivity index is 1.78. The number of hydrogen-bond donors (Lipinski definition) is 1. The van der Waals surface area contributed by atoms with Gasteiger partial charge in [0, 0.05) is 25.7 Å². The van der Waals surface area contributed by atoms with Crippen molar-refractivity contribution >= 4 is 0 Å². The first-order valence-electron chi connectivity index (χ1n) is 4.90. The summed E-state index contributed by atoms with van der Waals surface area (Å²) in [7, 11) is 2.11. The predicted octanol–water partition coefficient (Wildman–Crippen LogP) is 1.23. The molecule has 0 bridgehead atoms. The van der Waals surface area contributed by atoms with Gasteiger partial charge in [-0.1, -0.05) is 12.1 Å². The first-order chi connectivity index (χ1) is 6.74. The van der Waals surface area contributed by atoms with Crippen molar-refractivity contribution in [3.05, 3.63) is 35.6 Å². The monoisotopic (exact) mass is 194 g/mol. The van der Waals surface area contributed by atoms with Gasteiger partial charge >= 0.3 is 0 Å². The van der Waals surface area contributed by atoms with Crippen molar-refractivity contribution in [2.24, 2.45) is 0 Å². The zero-order valence-electron chi connectivity index (χ0n) is 8.33. The minimum absolute atomic E-state index is 0.169. The average Bonchev–Trinajstić information content (AvgIpc) is 2.13. The standard InChI is InChI=1S/C11H15FN2/c1-14-7-11(8-14)13-6-9-2-4-10(12)5-3-9/h2-5,11,13H,6-8H2,1H3. The third-order valence-corrected chi connectivity index (χ3v) is 2.57. The van der Waals surface area contributed by atoms with Crippen LogP contribution in [0.2, 0.25) is 0 Å². The number of benzene rings is 1. The number of nitrogens with zero attached hydrogens (tertiary/aromatic N) is 1. The normalized spacial score (nSPS) is 18.1. The molecule has 1 aromatic carbocycles. The number of likely N-dealkylation sites (tertiary alicyclic amines) is 1. The van der Waals surface area contributed by atoms with Gasteiger partial charge < -0.3 is 10.2 Å². The molecule has 76 valence electrons. The SMILES string of the molecule is CN1CC(NCc2ccc(F)cc2)C1. The lowest BCUT2D eigenvalue weighted by atomic mass is 10.1. The van der Waals surface area contributed by atoms with Gasteiger partial charge in [0.1, 0.15) is 5.82 Å². The van der Waals surface area contributed by atoms with Crippen LogP contribution < -0.4 is 5.32 Å². The molecule has 0 saturated carbocycles. The second-order valence-corrected chi connectivity index (χ2v) is 3.93. The number of likely N-dealkylation sites (N-methyl/N-ethyl adjacent to an activating group) is 1. The van der Waals surface area contributed by atoms with Gasteiger partial charge in [-0.3, -0.25) is 0 Å². The highest BCUT2D eigenvalue weighted by Crippen LogP contribution is 2.06. The summed E-state index contributed by atoms with van der Waals surface area (Å²) < 4.78 is 12.6. The molecule has 1 aliphatic rings. The van der Waals surface area contributed by atoms with Gasteiger partial charge in [-0.2, -0.15) is 0 Å². The van der Waals surface area contributed by atoms with E-state index in [9.17, 15) is 4.39 Å². The molecule has 1 saturated heterocycles. The minimum Gasteiger partial charge on any atom is -0.307 e. The van der Waals surface area contributed by atoms with Gasteiger partial charge in [-0.15, -0.1) is 0 Å². The van der Waals surface area contributed by atoms with E-state index in [0.29, 0.717) is 6.04 Å². The van der Waals surface area contributed by atoms with Gasteiger partial charge in [-0.05, 0) is 24.7 Å². The molecule has 1 aliphatic heterocycles. The Bertz CT molecular complexity index is 291. The van der Waals surface area contributed by atoms with Crippen LogP contribution in [0, 0.1) is 5.82 Å². The molecule has 1 N–H and O–H groups in total. The number of nitrogens with one attached hydrogen (secondary N) is 1. The zero-order valence-corrected chi connectivity index (χ0v) is 8.33. The molecule has 0 spiro atoms. The third-order valence-electron chi connectivity index (χ3n) is 2.57. The summed E-state index contributed by atoms with van der Waals surface area (Å²) in [6.07, 6.45) is 0. The second kappa shape index (κ2) is 4.07. The largest absolute Gasteiger partial charge is 0.307 e. The lowest BCUT2D eigenvalue weighted by molar-refractivity contribution is 0.161. The minimum atomic E-state index is -0.169. The maximum atomic E-state index is 12.6. The van der Waals surface area contributed by atoms with Crippen molar-refractivity contribution in [1.29, 1.82) is 0 Å². The molecule has 2 rings (SSSR count). The second-order valence-electron chi connectivity index (χ2n) is 3.93. The summed E-state index contributed by atoms with van der Waals surface area (Å²) in [6, 6.07) is 7.26. The molecule has 1 heterocycles. The maximum Gasteiger partial charge on any atom is 0.123 e. The smallest absolute Gasteiger partial charge is 0.123 e. The Hall–Kier alpha value is -0.930. The van der Waals surface area contributed by atoms with Crippen LogP contribution in [0.3, 0.4) is 0 Å². The van der Waals surface area contributed by atoms with Crippen molar-refractivity contribution < 1.29 is 4.39 Å². The fourth-order valence-corrected chi connectivity index (χ4v) is 1.69. The van der Waals surface area contributed by atoms with Crippen molar-refractivity contribution in [3.8, 4) is 0 Å². The van der Waals surface area contributed by atoms with Crippen LogP contribution in [0.4, 0.5) is 4.39 Å². The maximum absolute atomic E-state index is 12.6. The Morgan fingerprint density at radius 3 is 2.57 bits per heavy atom. The quantitative estimate of drug-likeness (QED) is 0.778. The molecule has 0 unspecified atom stereocenters. The highest BCUT2D eigenvalue weighted by atomic mass is 19.1. The lowest BCUT2D eigenvalue weighted by Gasteiger charge is -2.36. The van der Waals surface area contributed by atoms with Crippen LogP contribution in [0.15, 0.2) is 24.3 Å². The lowest BCUT2D eigenvalue weighted by Crippen LogP contribution is -2.55. The number of halogens is 1. The van der Waals surface area contributed by atoms with Crippen LogP contribution in [-0.2, 0) is 6.54 Å². The third kappa shape index (κ3) is 2.30. The van der Waals surface area contributed by atoms with Gasteiger partial charge in [-0.25, -0.2) is 4.39 Å². The van der Waals surface area contributed by atoms with E-state index in [-0.39, 0.29) is 5.82 Å². The van der Waals surface area contributed by atoms with E-state index in [1.807, 2.05) is 12.1 Å². The summed E-state index contributed by atoms with van der Waals surface area (Å²) >= 11 is 0. The zero-order chi connectivity index (χ0) is 9.97. The molecule has 1 aromatic rings. The van der Waals surface area contributed by atoms with Crippen molar-refractivity contribution in [2.45, 2.75) is 12.6 Å². The number of hydrogen-bond acceptors (Lipinski definition) is 2. The first kappa shape index (κ1) is 9.62. The summed E-state index contributed by atoms with van der Waals surface area (Å²) in [6.45, 7) is 3.06. The fourth-order valence-electron chi connectivity index (χ4n) is 1.69. The first-order valence-corrected chi connectivity index (χ1v) is 4.90. The molecular formula is C11H15FN2. The van der Waals surface area contributed by atoms with Gasteiger partial charge in [0.05, 0.1) is 0 Å². The van der Waals surface area contributed by atoms with Gasteiger partial charge in [0.15, 0.2) is 0 Å². The molecule has 0 aromatic heterocycles. The van der Waals surface area contributed by atoms with Crippen LogP contribution in [0.25, 0.3) is 0 Å². The fraction of sp³-hybridized carbons (Fsp3) is 0.455. The van der Waals surface area contributed by atoms with Crippen molar-refractivity contribution in [3.63, 3.8) is 0 Å².